The van der Waals surface area contributed by atoms with Crippen LogP contribution in [0.25, 0.3) is 0 Å². The molecule has 0 spiro atoms. The molecular formula is C19H22ClN3O3S. The van der Waals surface area contributed by atoms with Crippen molar-refractivity contribution in [1.29, 1.82) is 0 Å². The third-order valence-electron chi connectivity index (χ3n) is 4.48. The summed E-state index contributed by atoms with van der Waals surface area (Å²) < 4.78 is 26.7. The second-order valence-electron chi connectivity index (χ2n) is 6.40. The van der Waals surface area contributed by atoms with E-state index < -0.39 is 10.0 Å². The van der Waals surface area contributed by atoms with Gasteiger partial charge < -0.3 is 5.32 Å². The molecule has 1 heterocycles. The largest absolute Gasteiger partial charge is 0.351 e. The van der Waals surface area contributed by atoms with E-state index in [0.29, 0.717) is 42.6 Å². The molecule has 3 rings (SSSR count). The van der Waals surface area contributed by atoms with Crippen LogP contribution in [0.15, 0.2) is 59.5 Å². The Balaban J connectivity index is 1.46. The molecule has 0 unspecified atom stereocenters. The van der Waals surface area contributed by atoms with Crippen molar-refractivity contribution in [3.8, 4) is 0 Å². The first-order chi connectivity index (χ1) is 12.9. The third-order valence-corrected chi connectivity index (χ3v) is 6.65. The summed E-state index contributed by atoms with van der Waals surface area (Å²) in [6.45, 7) is 2.51. The minimum Gasteiger partial charge on any atom is -0.351 e. The second-order valence-corrected chi connectivity index (χ2v) is 8.77. The molecule has 0 atom stereocenters. The zero-order valence-electron chi connectivity index (χ0n) is 14.8. The van der Waals surface area contributed by atoms with E-state index in [-0.39, 0.29) is 12.5 Å². The van der Waals surface area contributed by atoms with Crippen LogP contribution in [0.4, 0.5) is 0 Å². The fourth-order valence-electron chi connectivity index (χ4n) is 2.93. The summed E-state index contributed by atoms with van der Waals surface area (Å²) in [6, 6.07) is 15.7. The summed E-state index contributed by atoms with van der Waals surface area (Å²) in [7, 11) is -3.47. The highest BCUT2D eigenvalue weighted by Gasteiger charge is 2.28. The van der Waals surface area contributed by atoms with Crippen molar-refractivity contribution in [2.24, 2.45) is 0 Å². The molecule has 0 aliphatic carbocycles. The van der Waals surface area contributed by atoms with Crippen molar-refractivity contribution in [2.75, 3.05) is 32.7 Å². The van der Waals surface area contributed by atoms with Crippen LogP contribution in [0.2, 0.25) is 5.02 Å². The van der Waals surface area contributed by atoms with E-state index in [2.05, 4.69) is 5.32 Å². The van der Waals surface area contributed by atoms with Crippen molar-refractivity contribution in [3.63, 3.8) is 0 Å². The van der Waals surface area contributed by atoms with Crippen molar-refractivity contribution < 1.29 is 13.2 Å². The first-order valence-electron chi connectivity index (χ1n) is 8.74. The lowest BCUT2D eigenvalue weighted by Gasteiger charge is -2.33. The number of hydrogen-bond acceptors (Lipinski definition) is 4. The molecule has 8 heteroatoms. The fraction of sp³-hybridized carbons (Fsp3) is 0.316. The van der Waals surface area contributed by atoms with Gasteiger partial charge in [-0.1, -0.05) is 41.9 Å². The number of amides is 1. The van der Waals surface area contributed by atoms with Gasteiger partial charge in [0.05, 0.1) is 11.4 Å². The Bertz CT molecular complexity index is 865. The molecule has 0 radical (unpaired) electrons. The van der Waals surface area contributed by atoms with E-state index in [0.717, 1.165) is 5.56 Å². The fourth-order valence-corrected chi connectivity index (χ4v) is 4.50. The van der Waals surface area contributed by atoms with Crippen molar-refractivity contribution >= 4 is 27.5 Å². The molecule has 1 aliphatic rings. The van der Waals surface area contributed by atoms with Crippen LogP contribution >= 0.6 is 11.6 Å². The van der Waals surface area contributed by atoms with E-state index >= 15 is 0 Å². The number of nitrogens with one attached hydrogen (secondary N) is 1. The Labute approximate surface area is 164 Å². The van der Waals surface area contributed by atoms with Gasteiger partial charge in [-0.2, -0.15) is 4.31 Å². The molecule has 2 aromatic carbocycles. The Kier molecular flexibility index (Phi) is 6.49. The molecule has 144 valence electrons. The van der Waals surface area contributed by atoms with Crippen molar-refractivity contribution in [1.82, 2.24) is 14.5 Å². The first kappa shape index (κ1) is 19.8. The summed E-state index contributed by atoms with van der Waals surface area (Å²) >= 11 is 5.85. The number of piperazine rings is 1. The molecule has 0 saturated carbocycles. The Morgan fingerprint density at radius 2 is 1.59 bits per heavy atom. The molecule has 1 saturated heterocycles. The number of halogens is 1. The van der Waals surface area contributed by atoms with Crippen molar-refractivity contribution in [2.45, 2.75) is 11.4 Å². The van der Waals surface area contributed by atoms with Gasteiger partial charge in [0, 0.05) is 37.7 Å². The number of nitrogens with zero attached hydrogens (tertiary/aromatic N) is 2. The monoisotopic (exact) mass is 407 g/mol. The summed E-state index contributed by atoms with van der Waals surface area (Å²) in [5, 5.41) is 3.54. The standard InChI is InChI=1S/C19H22ClN3O3S/c20-17-8-6-16(7-9-17)14-21-19(24)15-22-10-12-23(13-11-22)27(25,26)18-4-2-1-3-5-18/h1-9H,10-15H2,(H,21,24). The molecule has 0 aromatic heterocycles. The highest BCUT2D eigenvalue weighted by Crippen LogP contribution is 2.17. The quantitative estimate of drug-likeness (QED) is 0.794. The van der Waals surface area contributed by atoms with E-state index in [1.54, 1.807) is 42.5 Å². The molecule has 1 aliphatic heterocycles. The highest BCUT2D eigenvalue weighted by molar-refractivity contribution is 7.89. The average molecular weight is 408 g/mol. The van der Waals surface area contributed by atoms with Gasteiger partial charge in [0.25, 0.3) is 0 Å². The third kappa shape index (κ3) is 5.29. The average Bonchev–Trinajstić information content (AvgIpc) is 2.69. The van der Waals surface area contributed by atoms with Crippen LogP contribution in [0, 0.1) is 0 Å². The van der Waals surface area contributed by atoms with Crippen LogP contribution in [0.3, 0.4) is 0 Å². The van der Waals surface area contributed by atoms with E-state index in [9.17, 15) is 13.2 Å². The summed E-state index contributed by atoms with van der Waals surface area (Å²) in [4.78, 5) is 14.4. The number of rotatable bonds is 6. The maximum absolute atomic E-state index is 12.6. The number of carbonyl (C=O) groups excluding carboxylic acids is 1. The maximum Gasteiger partial charge on any atom is 0.243 e. The molecule has 27 heavy (non-hydrogen) atoms. The van der Waals surface area contributed by atoms with Gasteiger partial charge in [0.2, 0.25) is 15.9 Å². The lowest BCUT2D eigenvalue weighted by atomic mass is 10.2. The van der Waals surface area contributed by atoms with Crippen LogP contribution in [0.1, 0.15) is 5.56 Å². The summed E-state index contributed by atoms with van der Waals surface area (Å²) in [5.41, 5.74) is 0.978. The van der Waals surface area contributed by atoms with E-state index in [4.69, 9.17) is 11.6 Å². The highest BCUT2D eigenvalue weighted by atomic mass is 35.5. The van der Waals surface area contributed by atoms with E-state index in [1.807, 2.05) is 17.0 Å². The van der Waals surface area contributed by atoms with Crippen molar-refractivity contribution in [3.05, 3.63) is 65.2 Å². The van der Waals surface area contributed by atoms with Gasteiger partial charge in [-0.05, 0) is 29.8 Å². The SMILES string of the molecule is O=C(CN1CCN(S(=O)(=O)c2ccccc2)CC1)NCc1ccc(Cl)cc1. The maximum atomic E-state index is 12.6. The number of sulfonamides is 1. The van der Waals surface area contributed by atoms with E-state index in [1.165, 1.54) is 4.31 Å². The molecule has 1 fully saturated rings. The predicted molar refractivity (Wildman–Crippen MR) is 105 cm³/mol. The van der Waals surface area contributed by atoms with Crippen LogP contribution in [-0.2, 0) is 21.4 Å². The van der Waals surface area contributed by atoms with Crippen LogP contribution < -0.4 is 5.32 Å². The molecule has 6 nitrogen and oxygen atoms in total. The molecule has 1 amide bonds. The summed E-state index contributed by atoms with van der Waals surface area (Å²) in [5.74, 6) is -0.0793. The number of benzene rings is 2. The van der Waals surface area contributed by atoms with Crippen LogP contribution in [-0.4, -0.2) is 56.3 Å². The lowest BCUT2D eigenvalue weighted by molar-refractivity contribution is -0.122. The molecular weight excluding hydrogens is 386 g/mol. The Morgan fingerprint density at radius 3 is 2.22 bits per heavy atom. The zero-order chi connectivity index (χ0) is 19.3. The lowest BCUT2D eigenvalue weighted by Crippen LogP contribution is -2.50. The smallest absolute Gasteiger partial charge is 0.243 e. The predicted octanol–water partition coefficient (Wildman–Crippen LogP) is 1.96. The summed E-state index contributed by atoms with van der Waals surface area (Å²) in [6.07, 6.45) is 0. The molecule has 0 bridgehead atoms. The second kappa shape index (κ2) is 8.84. The van der Waals surface area contributed by atoms with Gasteiger partial charge >= 0.3 is 0 Å². The Hall–Kier alpha value is -1.93. The zero-order valence-corrected chi connectivity index (χ0v) is 16.4. The topological polar surface area (TPSA) is 69.7 Å². The first-order valence-corrected chi connectivity index (χ1v) is 10.6. The van der Waals surface area contributed by atoms with Gasteiger partial charge in [0.1, 0.15) is 0 Å². The normalized spacial score (nSPS) is 16.2. The Morgan fingerprint density at radius 1 is 0.963 bits per heavy atom. The van der Waals surface area contributed by atoms with Gasteiger partial charge in [-0.15, -0.1) is 0 Å². The minimum atomic E-state index is -3.47. The number of carbonyl (C=O) groups is 1. The van der Waals surface area contributed by atoms with Crippen LogP contribution in [0.5, 0.6) is 0 Å². The number of hydrogen-bond donors (Lipinski definition) is 1. The van der Waals surface area contributed by atoms with Gasteiger partial charge in [-0.25, -0.2) is 8.42 Å². The molecule has 1 N–H and O–H groups in total. The minimum absolute atomic E-state index is 0.0793. The van der Waals surface area contributed by atoms with Gasteiger partial charge in [0.15, 0.2) is 0 Å². The molecule has 2 aromatic rings. The van der Waals surface area contributed by atoms with Gasteiger partial charge in [-0.3, -0.25) is 9.69 Å².